The maximum atomic E-state index is 12.3. The van der Waals surface area contributed by atoms with Crippen LogP contribution in [0.3, 0.4) is 0 Å². The van der Waals surface area contributed by atoms with Crippen molar-refractivity contribution in [1.82, 2.24) is 19.7 Å². The third-order valence-electron chi connectivity index (χ3n) is 6.32. The zero-order chi connectivity index (χ0) is 20.7. The Morgan fingerprint density at radius 1 is 1.23 bits per heavy atom. The Morgan fingerprint density at radius 2 is 2.00 bits per heavy atom. The zero-order valence-electron chi connectivity index (χ0n) is 16.8. The fraction of sp³-hybridized carbons (Fsp3) is 0.619. The molecule has 6 rings (SSSR count). The maximum Gasteiger partial charge on any atom is 0.387 e. The highest BCUT2D eigenvalue weighted by Gasteiger charge is 2.47. The summed E-state index contributed by atoms with van der Waals surface area (Å²) in [6.45, 7) is 2.71. The number of rotatable bonds is 6. The molecule has 2 saturated heterocycles. The number of nitrogens with two attached hydrogens (primary N) is 1. The molecule has 4 fully saturated rings. The first kappa shape index (κ1) is 19.7. The molecule has 0 amide bonds. The zero-order valence-corrected chi connectivity index (χ0v) is 16.8. The average molecular weight is 419 g/mol. The van der Waals surface area contributed by atoms with Gasteiger partial charge >= 0.3 is 6.61 Å². The molecule has 2 aliphatic carbocycles. The van der Waals surface area contributed by atoms with Crippen LogP contribution in [0.4, 0.5) is 14.6 Å². The molecule has 162 valence electrons. The quantitative estimate of drug-likeness (QED) is 0.776. The van der Waals surface area contributed by atoms with Gasteiger partial charge in [-0.05, 0) is 49.1 Å². The van der Waals surface area contributed by atoms with E-state index < -0.39 is 6.61 Å². The second kappa shape index (κ2) is 8.11. The largest absolute Gasteiger partial charge is 0.431 e. The van der Waals surface area contributed by atoms with Crippen LogP contribution in [0.5, 0.6) is 5.75 Å². The minimum absolute atomic E-state index is 0.0635. The van der Waals surface area contributed by atoms with E-state index in [2.05, 4.69) is 19.7 Å². The van der Waals surface area contributed by atoms with Gasteiger partial charge in [0.15, 0.2) is 11.6 Å². The lowest BCUT2D eigenvalue weighted by Crippen LogP contribution is -2.48. The minimum Gasteiger partial charge on any atom is -0.431 e. The molecule has 0 radical (unpaired) electrons. The number of hydrogen-bond acceptors (Lipinski definition) is 6. The van der Waals surface area contributed by atoms with Crippen molar-refractivity contribution in [2.75, 3.05) is 32.0 Å². The van der Waals surface area contributed by atoms with E-state index in [4.69, 9.17) is 10.5 Å². The Kier molecular flexibility index (Phi) is 5.32. The topological polar surface area (TPSA) is 78.4 Å². The highest BCUT2D eigenvalue weighted by atomic mass is 19.3. The van der Waals surface area contributed by atoms with Crippen molar-refractivity contribution in [1.29, 1.82) is 0 Å². The number of ether oxygens (including phenoxy) is 2. The number of hydrogen-bond donors (Lipinski definition) is 1. The molecule has 2 aliphatic heterocycles. The molecule has 2 atom stereocenters. The second-order valence-corrected chi connectivity index (χ2v) is 8.75. The van der Waals surface area contributed by atoms with Crippen LogP contribution in [0, 0.1) is 17.8 Å². The van der Waals surface area contributed by atoms with Crippen LogP contribution in [-0.4, -0.2) is 58.6 Å². The van der Waals surface area contributed by atoms with Crippen molar-refractivity contribution >= 4 is 5.82 Å². The van der Waals surface area contributed by atoms with Gasteiger partial charge in [-0.1, -0.05) is 0 Å². The molecule has 2 aromatic heterocycles. The normalized spacial score (nSPS) is 25.4. The van der Waals surface area contributed by atoms with Crippen LogP contribution in [0.1, 0.15) is 19.3 Å². The van der Waals surface area contributed by atoms with Gasteiger partial charge in [-0.2, -0.15) is 13.9 Å². The number of nitrogens with zero attached hydrogens (tertiary/aromatic N) is 4. The fourth-order valence-electron chi connectivity index (χ4n) is 4.13. The van der Waals surface area contributed by atoms with Crippen LogP contribution in [0.2, 0.25) is 0 Å². The summed E-state index contributed by atoms with van der Waals surface area (Å²) in [6.07, 6.45) is 7.37. The van der Waals surface area contributed by atoms with Gasteiger partial charge in [0.2, 0.25) is 0 Å². The highest BCUT2D eigenvalue weighted by Crippen LogP contribution is 2.45. The third-order valence-corrected chi connectivity index (χ3v) is 6.32. The van der Waals surface area contributed by atoms with E-state index in [0.717, 1.165) is 37.6 Å². The van der Waals surface area contributed by atoms with Gasteiger partial charge in [-0.25, -0.2) is 4.98 Å². The predicted molar refractivity (Wildman–Crippen MR) is 107 cm³/mol. The smallest absolute Gasteiger partial charge is 0.387 e. The molecule has 2 unspecified atom stereocenters. The van der Waals surface area contributed by atoms with Crippen molar-refractivity contribution in [2.45, 2.75) is 38.5 Å². The van der Waals surface area contributed by atoms with E-state index in [1.807, 2.05) is 16.9 Å². The lowest BCUT2D eigenvalue weighted by atomic mass is 10.2. The fourth-order valence-corrected chi connectivity index (χ4v) is 4.13. The summed E-state index contributed by atoms with van der Waals surface area (Å²) in [5.74, 6) is 2.69. The van der Waals surface area contributed by atoms with Gasteiger partial charge in [0.25, 0.3) is 0 Å². The van der Waals surface area contributed by atoms with Crippen LogP contribution in [0.25, 0.3) is 11.3 Å². The van der Waals surface area contributed by atoms with E-state index in [9.17, 15) is 8.78 Å². The molecule has 0 bridgehead atoms. The molecule has 7 nitrogen and oxygen atoms in total. The number of aromatic nitrogens is 3. The number of anilines is 1. The Morgan fingerprint density at radius 3 is 2.63 bits per heavy atom. The van der Waals surface area contributed by atoms with Crippen LogP contribution in [0.15, 0.2) is 24.5 Å². The number of nitrogen functional groups attached to an aromatic ring is 1. The summed E-state index contributed by atoms with van der Waals surface area (Å²) in [6, 6.07) is 4.05. The lowest BCUT2D eigenvalue weighted by molar-refractivity contribution is -0.0605. The first-order valence-electron chi connectivity index (χ1n) is 10.6. The second-order valence-electron chi connectivity index (χ2n) is 8.75. The molecule has 2 aromatic rings. The molecule has 4 aliphatic rings. The standard InChI is InChI=1S/C13H14F2N4O.C8H13NO/c14-13(15)20-11-5-9(6-17-12(11)16)10-3-4-19(18-10)7-8-1-2-8;1-6-2-9(3-7(1)6)8-4-10-5-8/h3-6,8,13H,1-2,7H2,(H2,16,17);6-8H,1-5H2. The van der Waals surface area contributed by atoms with Gasteiger partial charge in [0.05, 0.1) is 24.9 Å². The molecule has 0 aromatic carbocycles. The van der Waals surface area contributed by atoms with Crippen molar-refractivity contribution in [3.05, 3.63) is 24.5 Å². The predicted octanol–water partition coefficient (Wildman–Crippen LogP) is 2.88. The number of likely N-dealkylation sites (tertiary alicyclic amines) is 1. The van der Waals surface area contributed by atoms with Gasteiger partial charge in [-0.3, -0.25) is 9.58 Å². The van der Waals surface area contributed by atoms with E-state index in [-0.39, 0.29) is 11.6 Å². The van der Waals surface area contributed by atoms with Crippen molar-refractivity contribution < 1.29 is 18.3 Å². The number of alkyl halides is 2. The van der Waals surface area contributed by atoms with Crippen LogP contribution < -0.4 is 10.5 Å². The van der Waals surface area contributed by atoms with E-state index in [1.54, 1.807) is 0 Å². The number of fused-ring (bicyclic) bond motifs is 1. The van der Waals surface area contributed by atoms with E-state index in [1.165, 1.54) is 44.6 Å². The molecule has 30 heavy (non-hydrogen) atoms. The van der Waals surface area contributed by atoms with Crippen molar-refractivity contribution in [3.63, 3.8) is 0 Å². The summed E-state index contributed by atoms with van der Waals surface area (Å²) in [4.78, 5) is 6.47. The molecular weight excluding hydrogens is 392 g/mol. The molecule has 9 heteroatoms. The molecular formula is C21H27F2N5O2. The SMILES string of the molecule is C1C2CN(C3COC3)CC12.Nc1ncc(-c2ccn(CC3CC3)n2)cc1OC(F)F. The van der Waals surface area contributed by atoms with Crippen LogP contribution in [-0.2, 0) is 11.3 Å². The molecule has 2 saturated carbocycles. The first-order chi connectivity index (χ1) is 14.5. The Labute approximate surface area is 174 Å². The van der Waals surface area contributed by atoms with E-state index >= 15 is 0 Å². The Balaban J connectivity index is 0.000000159. The Hall–Kier alpha value is -2.26. The highest BCUT2D eigenvalue weighted by molar-refractivity contribution is 5.63. The molecule has 4 heterocycles. The average Bonchev–Trinajstić information content (AvgIpc) is 3.53. The van der Waals surface area contributed by atoms with Gasteiger partial charge < -0.3 is 15.2 Å². The minimum atomic E-state index is -2.93. The lowest BCUT2D eigenvalue weighted by Gasteiger charge is -2.35. The van der Waals surface area contributed by atoms with Crippen molar-refractivity contribution in [3.8, 4) is 17.0 Å². The number of pyridine rings is 1. The molecule has 0 spiro atoms. The van der Waals surface area contributed by atoms with Gasteiger partial charge in [0, 0.05) is 37.6 Å². The van der Waals surface area contributed by atoms with E-state index in [0.29, 0.717) is 17.2 Å². The number of halogens is 2. The summed E-state index contributed by atoms with van der Waals surface area (Å²) in [7, 11) is 0. The van der Waals surface area contributed by atoms with Crippen molar-refractivity contribution in [2.24, 2.45) is 17.8 Å². The van der Waals surface area contributed by atoms with Gasteiger partial charge in [0.1, 0.15) is 0 Å². The third kappa shape index (κ3) is 4.57. The monoisotopic (exact) mass is 419 g/mol. The summed E-state index contributed by atoms with van der Waals surface area (Å²) < 4.78 is 35.9. The van der Waals surface area contributed by atoms with Gasteiger partial charge in [-0.15, -0.1) is 0 Å². The summed E-state index contributed by atoms with van der Waals surface area (Å²) in [5, 5.41) is 4.40. The number of piperidine rings is 1. The summed E-state index contributed by atoms with van der Waals surface area (Å²) >= 11 is 0. The molecule has 2 N–H and O–H groups in total. The first-order valence-corrected chi connectivity index (χ1v) is 10.6. The van der Waals surface area contributed by atoms with Crippen LogP contribution >= 0.6 is 0 Å². The maximum absolute atomic E-state index is 12.3. The summed E-state index contributed by atoms with van der Waals surface area (Å²) in [5.41, 5.74) is 6.77. The Bertz CT molecular complexity index is 874.